The molecule has 0 heterocycles. The van der Waals surface area contributed by atoms with E-state index in [0.717, 1.165) is 44.9 Å². The van der Waals surface area contributed by atoms with Crippen molar-refractivity contribution in [3.8, 4) is 0 Å². The summed E-state index contributed by atoms with van der Waals surface area (Å²) in [5.74, 6) is -0.533. The second-order valence-corrected chi connectivity index (χ2v) is 6.40. The van der Waals surface area contributed by atoms with Gasteiger partial charge < -0.3 is 9.47 Å². The quantitative estimate of drug-likeness (QED) is 0.374. The van der Waals surface area contributed by atoms with Crippen LogP contribution >= 0.6 is 0 Å². The van der Waals surface area contributed by atoms with E-state index in [2.05, 4.69) is 20.8 Å². The Morgan fingerprint density at radius 2 is 1.48 bits per heavy atom. The van der Waals surface area contributed by atoms with Gasteiger partial charge in [-0.05, 0) is 30.9 Å². The molecule has 1 aromatic carbocycles. The predicted molar refractivity (Wildman–Crippen MR) is 99.8 cm³/mol. The maximum absolute atomic E-state index is 12.4. The summed E-state index contributed by atoms with van der Waals surface area (Å²) >= 11 is 0. The normalized spacial score (nSPS) is 11.8. The van der Waals surface area contributed by atoms with Gasteiger partial charge in [-0.3, -0.25) is 0 Å². The van der Waals surface area contributed by atoms with Gasteiger partial charge in [0.1, 0.15) is 0 Å². The molecule has 1 atom stereocenters. The first kappa shape index (κ1) is 21.2. The zero-order valence-corrected chi connectivity index (χ0v) is 15.9. The van der Waals surface area contributed by atoms with E-state index in [9.17, 15) is 9.59 Å². The molecular formula is C21H32O4. The number of carbonyl (C=O) groups excluding carboxylic acids is 2. The van der Waals surface area contributed by atoms with Crippen LogP contribution in [0.2, 0.25) is 0 Å². The monoisotopic (exact) mass is 348 g/mol. The fourth-order valence-corrected chi connectivity index (χ4v) is 2.60. The molecule has 1 unspecified atom stereocenters. The lowest BCUT2D eigenvalue weighted by Gasteiger charge is -2.15. The number of ether oxygens (including phenoxy) is 2. The molecular weight excluding hydrogens is 316 g/mol. The predicted octanol–water partition coefficient (Wildman–Crippen LogP) is 5.41. The molecule has 1 aromatic rings. The van der Waals surface area contributed by atoms with Gasteiger partial charge in [0.15, 0.2) is 0 Å². The van der Waals surface area contributed by atoms with E-state index in [4.69, 9.17) is 9.47 Å². The van der Waals surface area contributed by atoms with Crippen LogP contribution in [0, 0.1) is 5.92 Å². The van der Waals surface area contributed by atoms with Crippen LogP contribution in [0.15, 0.2) is 24.3 Å². The Labute approximate surface area is 151 Å². The molecule has 0 radical (unpaired) electrons. The maximum atomic E-state index is 12.4. The van der Waals surface area contributed by atoms with Gasteiger partial charge in [-0.1, -0.05) is 65.0 Å². The highest BCUT2D eigenvalue weighted by atomic mass is 16.5. The Balaban J connectivity index is 2.64. The van der Waals surface area contributed by atoms with Crippen molar-refractivity contribution >= 4 is 11.9 Å². The van der Waals surface area contributed by atoms with Crippen molar-refractivity contribution in [2.75, 3.05) is 13.2 Å². The Bertz CT molecular complexity index is 524. The minimum Gasteiger partial charge on any atom is -0.462 e. The SMILES string of the molecule is CCCCCOC(=O)c1ccccc1C(=O)OCC(CC)CCCC. The van der Waals surface area contributed by atoms with Crippen LogP contribution < -0.4 is 0 Å². The first-order valence-electron chi connectivity index (χ1n) is 9.57. The van der Waals surface area contributed by atoms with Gasteiger partial charge in [0.2, 0.25) is 0 Å². The second kappa shape index (κ2) is 12.5. The average Bonchev–Trinajstić information content (AvgIpc) is 2.65. The van der Waals surface area contributed by atoms with Crippen LogP contribution in [0.1, 0.15) is 86.4 Å². The molecule has 0 aliphatic heterocycles. The third-order valence-corrected chi connectivity index (χ3v) is 4.34. The zero-order chi connectivity index (χ0) is 18.5. The Morgan fingerprint density at radius 1 is 0.880 bits per heavy atom. The number of unbranched alkanes of at least 4 members (excludes halogenated alkanes) is 3. The molecule has 1 rings (SSSR count). The number of hydrogen-bond donors (Lipinski definition) is 0. The molecule has 4 nitrogen and oxygen atoms in total. The molecule has 0 aromatic heterocycles. The first-order chi connectivity index (χ1) is 12.1. The minimum absolute atomic E-state index is 0.283. The van der Waals surface area contributed by atoms with E-state index in [1.165, 1.54) is 0 Å². The molecule has 0 N–H and O–H groups in total. The topological polar surface area (TPSA) is 52.6 Å². The summed E-state index contributed by atoms with van der Waals surface area (Å²) in [6.45, 7) is 7.13. The van der Waals surface area contributed by atoms with Gasteiger partial charge in [-0.25, -0.2) is 9.59 Å². The van der Waals surface area contributed by atoms with E-state index in [-0.39, 0.29) is 11.1 Å². The van der Waals surface area contributed by atoms with Crippen LogP contribution in [0.25, 0.3) is 0 Å². The van der Waals surface area contributed by atoms with Crippen molar-refractivity contribution in [2.24, 2.45) is 5.92 Å². The van der Waals surface area contributed by atoms with Crippen LogP contribution in [0.3, 0.4) is 0 Å². The highest BCUT2D eigenvalue weighted by Gasteiger charge is 2.20. The van der Waals surface area contributed by atoms with Gasteiger partial charge in [0, 0.05) is 0 Å². The fraction of sp³-hybridized carbons (Fsp3) is 0.619. The van der Waals surface area contributed by atoms with Crippen molar-refractivity contribution < 1.29 is 19.1 Å². The third kappa shape index (κ3) is 7.72. The number of carbonyl (C=O) groups is 2. The van der Waals surface area contributed by atoms with E-state index in [1.54, 1.807) is 24.3 Å². The molecule has 0 bridgehead atoms. The second-order valence-electron chi connectivity index (χ2n) is 6.40. The van der Waals surface area contributed by atoms with Gasteiger partial charge in [-0.2, -0.15) is 0 Å². The van der Waals surface area contributed by atoms with Gasteiger partial charge >= 0.3 is 11.9 Å². The summed E-state index contributed by atoms with van der Waals surface area (Å²) in [5.41, 5.74) is 0.568. The summed E-state index contributed by atoms with van der Waals surface area (Å²) in [4.78, 5) is 24.6. The molecule has 140 valence electrons. The van der Waals surface area contributed by atoms with Crippen LogP contribution in [0.5, 0.6) is 0 Å². The highest BCUT2D eigenvalue weighted by Crippen LogP contribution is 2.16. The summed E-state index contributed by atoms with van der Waals surface area (Å²) < 4.78 is 10.7. The fourth-order valence-electron chi connectivity index (χ4n) is 2.60. The number of hydrogen-bond acceptors (Lipinski definition) is 4. The third-order valence-electron chi connectivity index (χ3n) is 4.34. The highest BCUT2D eigenvalue weighted by molar-refractivity contribution is 6.03. The largest absolute Gasteiger partial charge is 0.462 e. The van der Waals surface area contributed by atoms with Gasteiger partial charge in [0.25, 0.3) is 0 Å². The van der Waals surface area contributed by atoms with Crippen molar-refractivity contribution in [3.05, 3.63) is 35.4 Å². The van der Waals surface area contributed by atoms with E-state index < -0.39 is 11.9 Å². The molecule has 25 heavy (non-hydrogen) atoms. The first-order valence-corrected chi connectivity index (χ1v) is 9.57. The molecule has 4 heteroatoms. The number of benzene rings is 1. The number of rotatable bonds is 12. The molecule has 0 spiro atoms. The summed E-state index contributed by atoms with van der Waals surface area (Å²) in [7, 11) is 0. The van der Waals surface area contributed by atoms with Crippen molar-refractivity contribution in [1.82, 2.24) is 0 Å². The molecule has 0 aliphatic carbocycles. The maximum Gasteiger partial charge on any atom is 0.339 e. The van der Waals surface area contributed by atoms with Crippen LogP contribution in [-0.4, -0.2) is 25.2 Å². The van der Waals surface area contributed by atoms with Crippen LogP contribution in [-0.2, 0) is 9.47 Å². The van der Waals surface area contributed by atoms with Gasteiger partial charge in [0.05, 0.1) is 24.3 Å². The lowest BCUT2D eigenvalue weighted by atomic mass is 10.0. The smallest absolute Gasteiger partial charge is 0.339 e. The van der Waals surface area contributed by atoms with E-state index >= 15 is 0 Å². The van der Waals surface area contributed by atoms with Crippen LogP contribution in [0.4, 0.5) is 0 Å². The molecule has 0 saturated carbocycles. The van der Waals surface area contributed by atoms with Crippen molar-refractivity contribution in [1.29, 1.82) is 0 Å². The number of esters is 2. The molecule has 0 amide bonds. The zero-order valence-electron chi connectivity index (χ0n) is 15.9. The molecule has 0 aliphatic rings. The Hall–Kier alpha value is -1.84. The summed E-state index contributed by atoms with van der Waals surface area (Å²) in [5, 5.41) is 0. The molecule has 0 saturated heterocycles. The summed E-state index contributed by atoms with van der Waals surface area (Å²) in [6, 6.07) is 6.71. The van der Waals surface area contributed by atoms with E-state index in [0.29, 0.717) is 19.1 Å². The summed E-state index contributed by atoms with van der Waals surface area (Å²) in [6.07, 6.45) is 7.23. The molecule has 0 fully saturated rings. The Kier molecular flexibility index (Phi) is 10.6. The average molecular weight is 348 g/mol. The van der Waals surface area contributed by atoms with E-state index in [1.807, 2.05) is 0 Å². The lowest BCUT2D eigenvalue weighted by molar-refractivity contribution is 0.0404. The Morgan fingerprint density at radius 3 is 2.04 bits per heavy atom. The van der Waals surface area contributed by atoms with Gasteiger partial charge in [-0.15, -0.1) is 0 Å². The standard InChI is InChI=1S/C21H32O4/c1-4-7-11-15-24-20(22)18-13-9-10-14-19(18)21(23)25-16-17(6-3)12-8-5-2/h9-10,13-14,17H,4-8,11-12,15-16H2,1-3H3. The van der Waals surface area contributed by atoms with Crippen molar-refractivity contribution in [2.45, 2.75) is 65.7 Å². The lowest BCUT2D eigenvalue weighted by Crippen LogP contribution is -2.17. The van der Waals surface area contributed by atoms with Crippen molar-refractivity contribution in [3.63, 3.8) is 0 Å². The minimum atomic E-state index is -0.457.